The van der Waals surface area contributed by atoms with Crippen molar-refractivity contribution in [3.8, 4) is 0 Å². The molecule has 34 heavy (non-hydrogen) atoms. The van der Waals surface area contributed by atoms with Gasteiger partial charge in [-0.15, -0.1) is 6.58 Å². The quantitative estimate of drug-likeness (QED) is 0.199. The zero-order valence-electron chi connectivity index (χ0n) is 19.8. The maximum absolute atomic E-state index is 13.7. The van der Waals surface area contributed by atoms with Gasteiger partial charge in [0.1, 0.15) is 6.10 Å². The van der Waals surface area contributed by atoms with E-state index in [1.54, 1.807) is 6.07 Å². The van der Waals surface area contributed by atoms with Crippen LogP contribution in [-0.2, 0) is 21.5 Å². The molecular weight excluding hydrogens is 432 g/mol. The molecule has 2 aromatic carbocycles. The minimum atomic E-state index is -0.835. The zero-order chi connectivity index (χ0) is 24.0. The molecule has 2 saturated carbocycles. The largest absolute Gasteiger partial charge is 0.461 e. The number of carbonyl (C=O) groups is 1. The highest BCUT2D eigenvalue weighted by Gasteiger charge is 2.47. The van der Waals surface area contributed by atoms with Crippen molar-refractivity contribution in [3.63, 3.8) is 0 Å². The fourth-order valence-electron chi connectivity index (χ4n) is 5.61. The van der Waals surface area contributed by atoms with Crippen molar-refractivity contribution in [2.45, 2.75) is 69.4 Å². The molecule has 0 spiro atoms. The van der Waals surface area contributed by atoms with E-state index in [0.717, 1.165) is 63.0 Å². The number of hydrogen-bond donors (Lipinski definition) is 1. The van der Waals surface area contributed by atoms with Gasteiger partial charge in [0.05, 0.1) is 5.41 Å². The molecule has 0 heterocycles. The lowest BCUT2D eigenvalue weighted by molar-refractivity contribution is -0.169. The molecule has 5 heteroatoms. The fraction of sp³-hybridized carbons (Fsp3) is 0.483. The molecule has 2 unspecified atom stereocenters. The molecule has 0 aromatic heterocycles. The summed E-state index contributed by atoms with van der Waals surface area (Å²) >= 11 is 0. The molecular formula is C29H35F2NO2. The van der Waals surface area contributed by atoms with Gasteiger partial charge >= 0.3 is 5.97 Å². The predicted octanol–water partition coefficient (Wildman–Crippen LogP) is 6.47. The third kappa shape index (κ3) is 5.41. The Balaban J connectivity index is 1.37. The first kappa shape index (κ1) is 24.6. The lowest BCUT2D eigenvalue weighted by atomic mass is 9.68. The van der Waals surface area contributed by atoms with Crippen LogP contribution in [0.3, 0.4) is 0 Å². The summed E-state index contributed by atoms with van der Waals surface area (Å²) in [6.45, 7) is 5.13. The van der Waals surface area contributed by atoms with E-state index in [2.05, 4.69) is 24.0 Å². The summed E-state index contributed by atoms with van der Waals surface area (Å²) in [5.41, 5.74) is 1.23. The van der Waals surface area contributed by atoms with E-state index >= 15 is 0 Å². The molecule has 3 nitrogen and oxygen atoms in total. The van der Waals surface area contributed by atoms with Crippen LogP contribution in [0.2, 0.25) is 0 Å². The number of esters is 1. The summed E-state index contributed by atoms with van der Waals surface area (Å²) in [5, 5.41) is 3.31. The van der Waals surface area contributed by atoms with E-state index in [1.165, 1.54) is 6.07 Å². The van der Waals surface area contributed by atoms with Gasteiger partial charge in [0, 0.05) is 12.5 Å². The second-order valence-electron chi connectivity index (χ2n) is 9.82. The third-order valence-electron chi connectivity index (χ3n) is 7.73. The Kier molecular flexibility index (Phi) is 8.15. The number of allylic oxidation sites excluding steroid dienone is 1. The molecule has 0 bridgehead atoms. The first-order valence-corrected chi connectivity index (χ1v) is 12.6. The van der Waals surface area contributed by atoms with Gasteiger partial charge in [-0.3, -0.25) is 4.79 Å². The van der Waals surface area contributed by atoms with E-state index in [0.29, 0.717) is 24.6 Å². The fourth-order valence-corrected chi connectivity index (χ4v) is 5.61. The number of carbonyl (C=O) groups excluding carboxylic acids is 1. The zero-order valence-corrected chi connectivity index (χ0v) is 19.8. The summed E-state index contributed by atoms with van der Waals surface area (Å²) < 4.78 is 32.8. The van der Waals surface area contributed by atoms with Crippen molar-refractivity contribution in [3.05, 3.63) is 83.9 Å². The Morgan fingerprint density at radius 3 is 2.47 bits per heavy atom. The highest BCUT2D eigenvalue weighted by Crippen LogP contribution is 2.44. The second-order valence-corrected chi connectivity index (χ2v) is 9.82. The van der Waals surface area contributed by atoms with E-state index < -0.39 is 17.0 Å². The van der Waals surface area contributed by atoms with Crippen molar-refractivity contribution >= 4 is 5.97 Å². The lowest BCUT2D eigenvalue weighted by Gasteiger charge is -2.44. The van der Waals surface area contributed by atoms with Crippen LogP contribution in [0.25, 0.3) is 0 Å². The van der Waals surface area contributed by atoms with E-state index in [-0.39, 0.29) is 18.0 Å². The van der Waals surface area contributed by atoms with E-state index in [9.17, 15) is 13.6 Å². The minimum Gasteiger partial charge on any atom is -0.461 e. The monoisotopic (exact) mass is 467 g/mol. The highest BCUT2D eigenvalue weighted by molar-refractivity contribution is 5.83. The Hall–Kier alpha value is -2.53. The van der Waals surface area contributed by atoms with Crippen LogP contribution in [0, 0.1) is 23.5 Å². The molecule has 4 rings (SSSR count). The Bertz CT molecular complexity index is 969. The van der Waals surface area contributed by atoms with E-state index in [4.69, 9.17) is 4.74 Å². The van der Waals surface area contributed by atoms with Gasteiger partial charge in [0.2, 0.25) is 0 Å². The van der Waals surface area contributed by atoms with Crippen molar-refractivity contribution in [1.82, 2.24) is 5.32 Å². The van der Waals surface area contributed by atoms with Crippen LogP contribution in [0.1, 0.15) is 62.5 Å². The molecule has 1 N–H and O–H groups in total. The summed E-state index contributed by atoms with van der Waals surface area (Å²) in [6.07, 6.45) is 9.59. The number of rotatable bonds is 9. The number of halogens is 2. The van der Waals surface area contributed by atoms with Crippen LogP contribution in [0.15, 0.2) is 61.2 Å². The summed E-state index contributed by atoms with van der Waals surface area (Å²) in [4.78, 5) is 13.7. The van der Waals surface area contributed by atoms with Crippen LogP contribution < -0.4 is 5.32 Å². The number of benzene rings is 2. The number of hydrogen-bond acceptors (Lipinski definition) is 3. The lowest BCUT2D eigenvalue weighted by Crippen LogP contribution is -2.48. The van der Waals surface area contributed by atoms with Gasteiger partial charge < -0.3 is 10.1 Å². The topological polar surface area (TPSA) is 38.3 Å². The van der Waals surface area contributed by atoms with E-state index in [1.807, 2.05) is 24.3 Å². The number of ether oxygens (including phenoxy) is 1. The van der Waals surface area contributed by atoms with Crippen LogP contribution in [0.5, 0.6) is 0 Å². The van der Waals surface area contributed by atoms with Crippen molar-refractivity contribution < 1.29 is 18.3 Å². The van der Waals surface area contributed by atoms with Gasteiger partial charge in [-0.05, 0) is 61.4 Å². The Morgan fingerprint density at radius 2 is 1.79 bits per heavy atom. The molecule has 2 aliphatic carbocycles. The first-order valence-electron chi connectivity index (χ1n) is 12.6. The van der Waals surface area contributed by atoms with Crippen molar-refractivity contribution in [2.24, 2.45) is 11.8 Å². The molecule has 2 aliphatic rings. The highest BCUT2D eigenvalue weighted by atomic mass is 19.2. The maximum Gasteiger partial charge on any atom is 0.316 e. The Morgan fingerprint density at radius 1 is 1.06 bits per heavy atom. The molecule has 2 aromatic rings. The smallest absolute Gasteiger partial charge is 0.316 e. The predicted molar refractivity (Wildman–Crippen MR) is 130 cm³/mol. The van der Waals surface area contributed by atoms with Gasteiger partial charge in [0.25, 0.3) is 0 Å². The minimum absolute atomic E-state index is 0.0761. The number of nitrogens with one attached hydrogen (secondary N) is 1. The maximum atomic E-state index is 13.7. The molecule has 182 valence electrons. The van der Waals surface area contributed by atoms with Gasteiger partial charge in [0.15, 0.2) is 11.6 Å². The molecule has 0 aliphatic heterocycles. The standard InChI is InChI=1S/C29H35F2NO2/c1-2-22-19-27(24(22)14-17-32-20-21-12-13-25(30)26(31)18-21)34-28(33)29(15-8-3-4-9-16-29)23-10-6-5-7-11-23/h2,5-7,10-13,18,22,24,27,32H,1,3-4,8-9,14-17,19-20H2/t22?,24?,27-/m0/s1. The van der Waals surface area contributed by atoms with Crippen molar-refractivity contribution in [2.75, 3.05) is 6.54 Å². The van der Waals surface area contributed by atoms with Gasteiger partial charge in [-0.2, -0.15) is 0 Å². The summed E-state index contributed by atoms with van der Waals surface area (Å²) in [5.74, 6) is -1.20. The van der Waals surface area contributed by atoms with Gasteiger partial charge in [-0.25, -0.2) is 8.78 Å². The molecule has 2 fully saturated rings. The molecule has 3 atom stereocenters. The van der Waals surface area contributed by atoms with Crippen molar-refractivity contribution in [1.29, 1.82) is 0 Å². The third-order valence-corrected chi connectivity index (χ3v) is 7.73. The SMILES string of the molecule is C=CC1C[C@H](OC(=O)C2(c3ccccc3)CCCCCC2)C1CCNCc1ccc(F)c(F)c1. The van der Waals surface area contributed by atoms with Crippen LogP contribution in [0.4, 0.5) is 8.78 Å². The van der Waals surface area contributed by atoms with Crippen LogP contribution in [-0.4, -0.2) is 18.6 Å². The van der Waals surface area contributed by atoms with Gasteiger partial charge in [-0.1, -0.05) is 68.2 Å². The average Bonchev–Trinajstić information content (AvgIpc) is 3.11. The molecule has 0 saturated heterocycles. The molecule has 0 amide bonds. The second kappa shape index (κ2) is 11.3. The molecule has 0 radical (unpaired) electrons. The summed E-state index contributed by atoms with van der Waals surface area (Å²) in [6, 6.07) is 14.1. The Labute approximate surface area is 201 Å². The average molecular weight is 468 g/mol. The normalized spacial score (nSPS) is 24.0. The first-order chi connectivity index (χ1) is 16.5. The van der Waals surface area contributed by atoms with Crippen LogP contribution >= 0.6 is 0 Å². The summed E-state index contributed by atoms with van der Waals surface area (Å²) in [7, 11) is 0.